The normalized spacial score (nSPS) is 12.7. The Labute approximate surface area is 137 Å². The molecule has 0 heterocycles. The number of hydrogen-bond donors (Lipinski definition) is 1. The van der Waals surface area contributed by atoms with Crippen LogP contribution < -0.4 is 9.50 Å². The van der Waals surface area contributed by atoms with Gasteiger partial charge in [0.2, 0.25) is 0 Å². The number of amides is 1. The Bertz CT molecular complexity index is 614. The summed E-state index contributed by atoms with van der Waals surface area (Å²) in [5, 5.41) is 2.44. The van der Waals surface area contributed by atoms with Crippen LogP contribution in [0, 0.1) is 5.92 Å². The molecule has 0 radical (unpaired) electrons. The highest BCUT2D eigenvalue weighted by atomic mass is 32.2. The van der Waals surface area contributed by atoms with Crippen molar-refractivity contribution in [2.75, 3.05) is 25.3 Å². The number of anilines is 1. The first-order valence-corrected chi connectivity index (χ1v) is 8.73. The van der Waals surface area contributed by atoms with Crippen LogP contribution in [-0.4, -0.2) is 40.6 Å². The number of benzene rings is 1. The molecular weight excluding hydrogens is 322 g/mol. The Balaban J connectivity index is 2.77. The molecular formula is C15H23NO6S. The first kappa shape index (κ1) is 19.2. The average Bonchev–Trinajstić information content (AvgIpc) is 2.45. The monoisotopic (exact) mass is 345 g/mol. The smallest absolute Gasteiger partial charge is 0.411 e. The van der Waals surface area contributed by atoms with Gasteiger partial charge in [-0.05, 0) is 24.5 Å². The third-order valence-corrected chi connectivity index (χ3v) is 4.17. The number of rotatable bonds is 8. The van der Waals surface area contributed by atoms with Crippen molar-refractivity contribution < 1.29 is 26.9 Å². The summed E-state index contributed by atoms with van der Waals surface area (Å²) >= 11 is 0. The predicted octanol–water partition coefficient (Wildman–Crippen LogP) is 2.63. The summed E-state index contributed by atoms with van der Waals surface area (Å²) in [7, 11) is -1.10. The van der Waals surface area contributed by atoms with Gasteiger partial charge in [0.05, 0.1) is 13.2 Å². The van der Waals surface area contributed by atoms with E-state index in [2.05, 4.69) is 10.1 Å². The SMILES string of the molecule is COC(=O)Nc1cccc(OS(=O)(=O)CC(CC(C)C)OC)c1. The van der Waals surface area contributed by atoms with E-state index >= 15 is 0 Å². The number of ether oxygens (including phenoxy) is 2. The molecule has 0 fully saturated rings. The highest BCUT2D eigenvalue weighted by Gasteiger charge is 2.22. The van der Waals surface area contributed by atoms with E-state index in [0.717, 1.165) is 0 Å². The molecule has 7 nitrogen and oxygen atoms in total. The van der Waals surface area contributed by atoms with Gasteiger partial charge in [-0.25, -0.2) is 4.79 Å². The second kappa shape index (κ2) is 8.73. The summed E-state index contributed by atoms with van der Waals surface area (Å²) in [6.07, 6.45) is -0.471. The summed E-state index contributed by atoms with van der Waals surface area (Å²) in [6, 6.07) is 6.05. The van der Waals surface area contributed by atoms with Gasteiger partial charge in [-0.2, -0.15) is 8.42 Å². The molecule has 0 bridgehead atoms. The minimum Gasteiger partial charge on any atom is -0.453 e. The second-order valence-corrected chi connectivity index (χ2v) is 7.05. The fraction of sp³-hybridized carbons (Fsp3) is 0.533. The van der Waals surface area contributed by atoms with E-state index in [1.54, 1.807) is 12.1 Å². The first-order valence-electron chi connectivity index (χ1n) is 7.15. The van der Waals surface area contributed by atoms with Crippen LogP contribution in [0.15, 0.2) is 24.3 Å². The fourth-order valence-electron chi connectivity index (χ4n) is 1.96. The van der Waals surface area contributed by atoms with E-state index in [4.69, 9.17) is 8.92 Å². The zero-order chi connectivity index (χ0) is 17.5. The topological polar surface area (TPSA) is 90.9 Å². The van der Waals surface area contributed by atoms with E-state index in [1.807, 2.05) is 13.8 Å². The molecule has 130 valence electrons. The van der Waals surface area contributed by atoms with Crippen molar-refractivity contribution in [3.8, 4) is 5.75 Å². The van der Waals surface area contributed by atoms with Crippen LogP contribution in [0.3, 0.4) is 0 Å². The Morgan fingerprint density at radius 3 is 2.52 bits per heavy atom. The molecule has 1 atom stereocenters. The minimum absolute atomic E-state index is 0.110. The zero-order valence-electron chi connectivity index (χ0n) is 13.7. The largest absolute Gasteiger partial charge is 0.453 e. The number of carbonyl (C=O) groups is 1. The van der Waals surface area contributed by atoms with E-state index in [-0.39, 0.29) is 11.5 Å². The molecule has 1 aromatic carbocycles. The van der Waals surface area contributed by atoms with Crippen molar-refractivity contribution in [3.05, 3.63) is 24.3 Å². The number of nitrogens with one attached hydrogen (secondary N) is 1. The summed E-state index contributed by atoms with van der Waals surface area (Å²) in [4.78, 5) is 11.2. The van der Waals surface area contributed by atoms with Crippen molar-refractivity contribution in [1.82, 2.24) is 0 Å². The molecule has 0 aromatic heterocycles. The number of hydrogen-bond acceptors (Lipinski definition) is 6. The average molecular weight is 345 g/mol. The van der Waals surface area contributed by atoms with Crippen molar-refractivity contribution >= 4 is 21.9 Å². The van der Waals surface area contributed by atoms with Gasteiger partial charge in [0.25, 0.3) is 0 Å². The molecule has 1 N–H and O–H groups in total. The van der Waals surface area contributed by atoms with Crippen LogP contribution in [0.4, 0.5) is 10.5 Å². The highest BCUT2D eigenvalue weighted by Crippen LogP contribution is 2.20. The van der Waals surface area contributed by atoms with Crippen molar-refractivity contribution in [1.29, 1.82) is 0 Å². The van der Waals surface area contributed by atoms with Crippen LogP contribution in [0.1, 0.15) is 20.3 Å². The van der Waals surface area contributed by atoms with Gasteiger partial charge in [-0.15, -0.1) is 0 Å². The van der Waals surface area contributed by atoms with Crippen LogP contribution >= 0.6 is 0 Å². The third-order valence-electron chi connectivity index (χ3n) is 2.95. The van der Waals surface area contributed by atoms with Gasteiger partial charge < -0.3 is 13.7 Å². The number of carbonyl (C=O) groups excluding carboxylic acids is 1. The highest BCUT2D eigenvalue weighted by molar-refractivity contribution is 7.87. The lowest BCUT2D eigenvalue weighted by molar-refractivity contribution is 0.101. The van der Waals surface area contributed by atoms with E-state index < -0.39 is 22.3 Å². The van der Waals surface area contributed by atoms with Gasteiger partial charge in [-0.3, -0.25) is 5.32 Å². The van der Waals surface area contributed by atoms with Crippen molar-refractivity contribution in [2.24, 2.45) is 5.92 Å². The van der Waals surface area contributed by atoms with Gasteiger partial charge >= 0.3 is 16.2 Å². The zero-order valence-corrected chi connectivity index (χ0v) is 14.6. The van der Waals surface area contributed by atoms with E-state index in [1.165, 1.54) is 26.4 Å². The Hall–Kier alpha value is -1.80. The maximum atomic E-state index is 12.1. The molecule has 0 aliphatic carbocycles. The van der Waals surface area contributed by atoms with Crippen LogP contribution in [0.2, 0.25) is 0 Å². The van der Waals surface area contributed by atoms with Crippen LogP contribution in [-0.2, 0) is 19.6 Å². The molecule has 0 aliphatic heterocycles. The van der Waals surface area contributed by atoms with Gasteiger partial charge in [0.15, 0.2) is 0 Å². The van der Waals surface area contributed by atoms with Gasteiger partial charge in [-0.1, -0.05) is 19.9 Å². The molecule has 0 aliphatic rings. The molecule has 1 aromatic rings. The fourth-order valence-corrected chi connectivity index (χ4v) is 3.15. The lowest BCUT2D eigenvalue weighted by Gasteiger charge is -2.17. The molecule has 1 rings (SSSR count). The molecule has 1 amide bonds. The predicted molar refractivity (Wildman–Crippen MR) is 87.1 cm³/mol. The van der Waals surface area contributed by atoms with E-state index in [9.17, 15) is 13.2 Å². The quantitative estimate of drug-likeness (QED) is 0.728. The molecule has 0 spiro atoms. The van der Waals surface area contributed by atoms with Crippen molar-refractivity contribution in [2.45, 2.75) is 26.4 Å². The third kappa shape index (κ3) is 7.34. The lowest BCUT2D eigenvalue weighted by atomic mass is 10.1. The second-order valence-electron chi connectivity index (χ2n) is 5.44. The summed E-state index contributed by atoms with van der Waals surface area (Å²) < 4.78 is 39.0. The Morgan fingerprint density at radius 1 is 1.26 bits per heavy atom. The summed E-state index contributed by atoms with van der Waals surface area (Å²) in [5.74, 6) is 0.178. The molecule has 8 heteroatoms. The van der Waals surface area contributed by atoms with Crippen LogP contribution in [0.5, 0.6) is 5.75 Å². The van der Waals surface area contributed by atoms with Crippen molar-refractivity contribution in [3.63, 3.8) is 0 Å². The van der Waals surface area contributed by atoms with Gasteiger partial charge in [0.1, 0.15) is 11.5 Å². The minimum atomic E-state index is -3.81. The maximum absolute atomic E-state index is 12.1. The Morgan fingerprint density at radius 2 is 1.96 bits per heavy atom. The first-order chi connectivity index (χ1) is 10.8. The molecule has 0 saturated heterocycles. The number of methoxy groups -OCH3 is 2. The Kier molecular flexibility index (Phi) is 7.31. The summed E-state index contributed by atoms with van der Waals surface area (Å²) in [6.45, 7) is 3.98. The summed E-state index contributed by atoms with van der Waals surface area (Å²) in [5.41, 5.74) is 0.370. The molecule has 1 unspecified atom stereocenters. The lowest BCUT2D eigenvalue weighted by Crippen LogP contribution is -2.27. The molecule has 0 saturated carbocycles. The van der Waals surface area contributed by atoms with E-state index in [0.29, 0.717) is 18.0 Å². The molecule has 23 heavy (non-hydrogen) atoms. The van der Waals surface area contributed by atoms with Crippen LogP contribution in [0.25, 0.3) is 0 Å². The van der Waals surface area contributed by atoms with Gasteiger partial charge in [0, 0.05) is 18.9 Å². The maximum Gasteiger partial charge on any atom is 0.411 e. The standard InChI is InChI=1S/C15H23NO6S/c1-11(2)8-14(20-3)10-23(18,19)22-13-7-5-6-12(9-13)16-15(17)21-4/h5-7,9,11,14H,8,10H2,1-4H3,(H,16,17).